The summed E-state index contributed by atoms with van der Waals surface area (Å²) in [7, 11) is 0. The molecule has 1 aliphatic heterocycles. The number of hydrogen-bond acceptors (Lipinski definition) is 5. The smallest absolute Gasteiger partial charge is 0.256 e. The van der Waals surface area contributed by atoms with Gasteiger partial charge in [0.1, 0.15) is 12.5 Å². The molecule has 5 heteroatoms. The molecule has 0 radical (unpaired) electrons. The number of aromatic nitrogens is 1. The number of benzene rings is 2. The monoisotopic (exact) mass is 353 g/mol. The van der Waals surface area contributed by atoms with Crippen LogP contribution in [0, 0.1) is 0 Å². The highest BCUT2D eigenvalue weighted by Gasteiger charge is 2.20. The van der Waals surface area contributed by atoms with Crippen molar-refractivity contribution in [2.24, 2.45) is 0 Å². The predicted molar refractivity (Wildman–Crippen MR) is 98.4 cm³/mol. The molecule has 0 saturated carbocycles. The summed E-state index contributed by atoms with van der Waals surface area (Å²) in [5.41, 5.74) is 2.96. The Bertz CT molecular complexity index is 741. The Morgan fingerprint density at radius 1 is 0.960 bits per heavy atom. The van der Waals surface area contributed by atoms with Crippen molar-refractivity contribution in [2.45, 2.75) is 17.7 Å². The van der Waals surface area contributed by atoms with Gasteiger partial charge in [-0.3, -0.25) is 0 Å². The maximum absolute atomic E-state index is 6.11. The molecule has 2 aromatic carbocycles. The predicted octanol–water partition coefficient (Wildman–Crippen LogP) is 4.86. The fourth-order valence-electron chi connectivity index (χ4n) is 2.74. The van der Waals surface area contributed by atoms with Crippen LogP contribution >= 0.6 is 11.8 Å². The van der Waals surface area contributed by atoms with Crippen LogP contribution in [0.5, 0.6) is 0 Å². The molecule has 0 amide bonds. The van der Waals surface area contributed by atoms with Gasteiger partial charge in [0.2, 0.25) is 0 Å². The van der Waals surface area contributed by atoms with E-state index in [1.54, 1.807) is 11.8 Å². The van der Waals surface area contributed by atoms with E-state index in [-0.39, 0.29) is 6.10 Å². The number of oxazole rings is 1. The summed E-state index contributed by atoms with van der Waals surface area (Å²) in [6, 6.07) is 20.3. The first-order valence-electron chi connectivity index (χ1n) is 8.34. The van der Waals surface area contributed by atoms with Crippen molar-refractivity contribution >= 4 is 11.8 Å². The quantitative estimate of drug-likeness (QED) is 0.613. The first-order valence-corrected chi connectivity index (χ1v) is 9.32. The second-order valence-corrected chi connectivity index (χ2v) is 6.78. The third-order valence-corrected chi connectivity index (χ3v) is 5.01. The van der Waals surface area contributed by atoms with Gasteiger partial charge < -0.3 is 13.9 Å². The molecular formula is C20H19NO3S. The Hall–Kier alpha value is -2.08. The van der Waals surface area contributed by atoms with Crippen molar-refractivity contribution in [3.05, 3.63) is 60.7 Å². The fourth-order valence-corrected chi connectivity index (χ4v) is 3.63. The van der Waals surface area contributed by atoms with E-state index in [2.05, 4.69) is 12.1 Å². The summed E-state index contributed by atoms with van der Waals surface area (Å²) in [6.07, 6.45) is 1.09. The number of hydrogen-bond donors (Lipinski definition) is 0. The maximum atomic E-state index is 6.11. The van der Waals surface area contributed by atoms with Crippen LogP contribution < -0.4 is 0 Å². The lowest BCUT2D eigenvalue weighted by Crippen LogP contribution is -2.25. The van der Waals surface area contributed by atoms with Crippen LogP contribution in [0.4, 0.5) is 0 Å². The van der Waals surface area contributed by atoms with E-state index in [0.717, 1.165) is 41.4 Å². The molecular weight excluding hydrogens is 334 g/mol. The lowest BCUT2D eigenvalue weighted by molar-refractivity contribution is -0.130. The molecule has 0 unspecified atom stereocenters. The van der Waals surface area contributed by atoms with E-state index >= 15 is 0 Å². The third kappa shape index (κ3) is 3.95. The molecule has 0 N–H and O–H groups in total. The molecule has 1 aliphatic rings. The van der Waals surface area contributed by atoms with Gasteiger partial charge in [-0.05, 0) is 6.42 Å². The third-order valence-electron chi connectivity index (χ3n) is 4.05. The van der Waals surface area contributed by atoms with Gasteiger partial charge in [0, 0.05) is 16.9 Å². The van der Waals surface area contributed by atoms with Crippen molar-refractivity contribution in [3.63, 3.8) is 0 Å². The summed E-state index contributed by atoms with van der Waals surface area (Å²) >= 11 is 1.59. The topological polar surface area (TPSA) is 44.5 Å². The van der Waals surface area contributed by atoms with Gasteiger partial charge in [-0.1, -0.05) is 72.4 Å². The molecule has 1 fully saturated rings. The van der Waals surface area contributed by atoms with Gasteiger partial charge in [0.05, 0.1) is 12.7 Å². The van der Waals surface area contributed by atoms with E-state index in [1.807, 2.05) is 48.5 Å². The number of ether oxygens (including phenoxy) is 2. The molecule has 1 atom stereocenters. The van der Waals surface area contributed by atoms with Crippen LogP contribution in [0.2, 0.25) is 0 Å². The molecule has 3 aromatic rings. The fraction of sp³-hybridized carbons (Fsp3) is 0.250. The summed E-state index contributed by atoms with van der Waals surface area (Å²) in [4.78, 5) is 4.75. The molecule has 2 heterocycles. The second-order valence-electron chi connectivity index (χ2n) is 5.80. The van der Waals surface area contributed by atoms with Crippen LogP contribution in [0.25, 0.3) is 22.6 Å². The Morgan fingerprint density at radius 2 is 1.68 bits per heavy atom. The maximum Gasteiger partial charge on any atom is 0.256 e. The normalized spacial score (nSPS) is 17.5. The highest BCUT2D eigenvalue weighted by molar-refractivity contribution is 7.99. The first-order chi connectivity index (χ1) is 12.4. The summed E-state index contributed by atoms with van der Waals surface area (Å²) in [6.45, 7) is 1.13. The molecule has 1 saturated heterocycles. The molecule has 25 heavy (non-hydrogen) atoms. The Kier molecular flexibility index (Phi) is 5.16. The summed E-state index contributed by atoms with van der Waals surface area (Å²) in [5, 5.41) is 0.674. The number of rotatable bonds is 5. The van der Waals surface area contributed by atoms with E-state index < -0.39 is 0 Å². The summed E-state index contributed by atoms with van der Waals surface area (Å²) < 4.78 is 16.9. The molecule has 4 rings (SSSR count). The highest BCUT2D eigenvalue weighted by atomic mass is 32.2. The van der Waals surface area contributed by atoms with Gasteiger partial charge in [-0.15, -0.1) is 0 Å². The zero-order chi connectivity index (χ0) is 16.9. The molecule has 128 valence electrons. The van der Waals surface area contributed by atoms with Crippen molar-refractivity contribution in [3.8, 4) is 22.6 Å². The molecule has 1 aromatic heterocycles. The number of nitrogens with zero attached hydrogens (tertiary/aromatic N) is 1. The van der Waals surface area contributed by atoms with E-state index in [0.29, 0.717) is 12.0 Å². The Labute approximate surface area is 151 Å². The molecule has 0 aliphatic carbocycles. The van der Waals surface area contributed by atoms with Crippen LogP contribution in [-0.2, 0) is 9.47 Å². The average Bonchev–Trinajstić information content (AvgIpc) is 3.13. The van der Waals surface area contributed by atoms with Crippen molar-refractivity contribution in [2.75, 3.05) is 19.2 Å². The van der Waals surface area contributed by atoms with E-state index in [9.17, 15) is 0 Å². The second kappa shape index (κ2) is 7.87. The highest BCUT2D eigenvalue weighted by Crippen LogP contribution is 2.35. The molecule has 0 spiro atoms. The van der Waals surface area contributed by atoms with Crippen LogP contribution in [0.3, 0.4) is 0 Å². The minimum absolute atomic E-state index is 0.186. The summed E-state index contributed by atoms with van der Waals surface area (Å²) in [5.74, 6) is 1.62. The zero-order valence-corrected chi connectivity index (χ0v) is 14.6. The van der Waals surface area contributed by atoms with Gasteiger partial charge >= 0.3 is 0 Å². The molecule has 4 nitrogen and oxygen atoms in total. The van der Waals surface area contributed by atoms with Crippen LogP contribution in [-0.4, -0.2) is 30.2 Å². The lowest BCUT2D eigenvalue weighted by atomic mass is 10.1. The first kappa shape index (κ1) is 16.4. The van der Waals surface area contributed by atoms with Gasteiger partial charge in [-0.2, -0.15) is 0 Å². The Balaban J connectivity index is 1.61. The largest absolute Gasteiger partial charge is 0.431 e. The van der Waals surface area contributed by atoms with Crippen molar-refractivity contribution in [1.82, 2.24) is 4.98 Å². The standard InChI is InChI=1S/C20H19NO3S/c1-3-7-15(8-4-1)18-19(16-9-5-2-6-10-16)24-20(21-18)25-13-17-11-12-22-14-23-17/h1-10,17H,11-14H2/t17-/m1/s1. The van der Waals surface area contributed by atoms with Gasteiger partial charge in [-0.25, -0.2) is 4.98 Å². The van der Waals surface area contributed by atoms with Crippen molar-refractivity contribution < 1.29 is 13.9 Å². The van der Waals surface area contributed by atoms with Crippen LogP contribution in [0.15, 0.2) is 70.3 Å². The number of thioether (sulfide) groups is 1. The van der Waals surface area contributed by atoms with E-state index in [4.69, 9.17) is 18.9 Å². The minimum atomic E-state index is 0.186. The van der Waals surface area contributed by atoms with E-state index in [1.165, 1.54) is 0 Å². The SMILES string of the molecule is c1ccc(-c2nc(SC[C@H]3CCOCO3)oc2-c2ccccc2)cc1. The van der Waals surface area contributed by atoms with Gasteiger partial charge in [0.25, 0.3) is 5.22 Å². The van der Waals surface area contributed by atoms with Crippen molar-refractivity contribution in [1.29, 1.82) is 0 Å². The zero-order valence-electron chi connectivity index (χ0n) is 13.8. The Morgan fingerprint density at radius 3 is 2.36 bits per heavy atom. The molecule has 0 bridgehead atoms. The minimum Gasteiger partial charge on any atom is -0.431 e. The average molecular weight is 353 g/mol. The lowest BCUT2D eigenvalue weighted by Gasteiger charge is -2.21. The van der Waals surface area contributed by atoms with Gasteiger partial charge in [0.15, 0.2) is 5.76 Å². The van der Waals surface area contributed by atoms with Crippen LogP contribution in [0.1, 0.15) is 6.42 Å².